The molecule has 0 aliphatic heterocycles. The van der Waals surface area contributed by atoms with Crippen LogP contribution in [0.4, 0.5) is 5.69 Å². The topological polar surface area (TPSA) is 59.8 Å². The first-order valence-corrected chi connectivity index (χ1v) is 10.1. The summed E-state index contributed by atoms with van der Waals surface area (Å²) in [5.41, 5.74) is 4.22. The van der Waals surface area contributed by atoms with Crippen LogP contribution in [0.15, 0.2) is 72.2 Å². The molecule has 0 radical (unpaired) electrons. The highest BCUT2D eigenvalue weighted by atomic mass is 32.1. The lowest BCUT2D eigenvalue weighted by molar-refractivity contribution is 0.101. The lowest BCUT2D eigenvalue weighted by Crippen LogP contribution is -2.16. The lowest BCUT2D eigenvalue weighted by Gasteiger charge is -2.09. The Morgan fingerprint density at radius 3 is 2.54 bits per heavy atom. The van der Waals surface area contributed by atoms with E-state index in [9.17, 15) is 4.79 Å². The van der Waals surface area contributed by atoms with E-state index >= 15 is 0 Å². The quantitative estimate of drug-likeness (QED) is 0.517. The zero-order valence-electron chi connectivity index (χ0n) is 15.1. The molecule has 2 aromatic heterocycles. The Kier molecular flexibility index (Phi) is 4.25. The van der Waals surface area contributed by atoms with Crippen LogP contribution in [0.5, 0.6) is 0 Å². The zero-order chi connectivity index (χ0) is 18.9. The molecule has 0 bridgehead atoms. The fourth-order valence-electron chi connectivity index (χ4n) is 3.16. The molecule has 0 spiro atoms. The Morgan fingerprint density at radius 1 is 1.07 bits per heavy atom. The van der Waals surface area contributed by atoms with Crippen molar-refractivity contribution in [3.63, 3.8) is 0 Å². The van der Waals surface area contributed by atoms with Crippen LogP contribution in [0.25, 0.3) is 16.3 Å². The predicted molar refractivity (Wildman–Crippen MR) is 111 cm³/mol. The summed E-state index contributed by atoms with van der Waals surface area (Å²) in [5, 5.41) is 10.6. The van der Waals surface area contributed by atoms with Gasteiger partial charge in [-0.3, -0.25) is 4.79 Å². The molecule has 1 saturated carbocycles. The molecule has 1 N–H and O–H groups in total. The van der Waals surface area contributed by atoms with Crippen molar-refractivity contribution >= 4 is 22.9 Å². The maximum atomic E-state index is 13.0. The van der Waals surface area contributed by atoms with E-state index in [0.29, 0.717) is 11.6 Å². The van der Waals surface area contributed by atoms with Gasteiger partial charge in [0.15, 0.2) is 0 Å². The smallest absolute Gasteiger partial charge is 0.274 e. The number of nitrogens with zero attached hydrogens (tertiary/aromatic N) is 3. The molecular formula is C22H18N4OS. The van der Waals surface area contributed by atoms with E-state index in [0.717, 1.165) is 40.5 Å². The first kappa shape index (κ1) is 16.9. The minimum Gasteiger partial charge on any atom is -0.321 e. The standard InChI is InChI=1S/C22H18N4OS/c27-21(24-17-10-8-16(9-11-17)22-23-12-13-28-22)20-14-19(15-6-7-15)25-26(20)18-4-2-1-3-5-18/h1-5,8-15H,6-7H2,(H,24,27). The van der Waals surface area contributed by atoms with Crippen LogP contribution < -0.4 is 5.32 Å². The SMILES string of the molecule is O=C(Nc1ccc(-c2nccs2)cc1)c1cc(C2CC2)nn1-c1ccccc1. The van der Waals surface area contributed by atoms with Gasteiger partial charge >= 0.3 is 0 Å². The van der Waals surface area contributed by atoms with Gasteiger partial charge in [-0.15, -0.1) is 11.3 Å². The second-order valence-corrected chi connectivity index (χ2v) is 7.74. The van der Waals surface area contributed by atoms with E-state index in [1.54, 1.807) is 22.2 Å². The number of amides is 1. The Balaban J connectivity index is 1.42. The molecular weight excluding hydrogens is 368 g/mol. The summed E-state index contributed by atoms with van der Waals surface area (Å²) >= 11 is 1.59. The van der Waals surface area contributed by atoms with Crippen LogP contribution in [0.3, 0.4) is 0 Å². The van der Waals surface area contributed by atoms with Gasteiger partial charge in [-0.1, -0.05) is 18.2 Å². The van der Waals surface area contributed by atoms with Gasteiger partial charge in [0.2, 0.25) is 0 Å². The minimum atomic E-state index is -0.162. The number of carbonyl (C=O) groups excluding carboxylic acids is 1. The fraction of sp³-hybridized carbons (Fsp3) is 0.136. The van der Waals surface area contributed by atoms with Crippen LogP contribution in [0.2, 0.25) is 0 Å². The Bertz CT molecular complexity index is 1100. The molecule has 0 atom stereocenters. The lowest BCUT2D eigenvalue weighted by atomic mass is 10.2. The van der Waals surface area contributed by atoms with Crippen LogP contribution in [-0.2, 0) is 0 Å². The van der Waals surface area contributed by atoms with Crippen molar-refractivity contribution in [2.75, 3.05) is 5.32 Å². The van der Waals surface area contributed by atoms with Crippen molar-refractivity contribution in [3.05, 3.63) is 83.6 Å². The molecule has 2 aromatic carbocycles. The van der Waals surface area contributed by atoms with E-state index in [4.69, 9.17) is 5.10 Å². The molecule has 6 heteroatoms. The number of carbonyl (C=O) groups is 1. The highest BCUT2D eigenvalue weighted by molar-refractivity contribution is 7.13. The number of para-hydroxylation sites is 1. The first-order valence-electron chi connectivity index (χ1n) is 9.24. The van der Waals surface area contributed by atoms with Gasteiger partial charge in [0, 0.05) is 28.7 Å². The van der Waals surface area contributed by atoms with Crippen molar-refractivity contribution in [2.24, 2.45) is 0 Å². The number of hydrogen-bond acceptors (Lipinski definition) is 4. The van der Waals surface area contributed by atoms with Gasteiger partial charge in [0.25, 0.3) is 5.91 Å². The van der Waals surface area contributed by atoms with Gasteiger partial charge in [-0.25, -0.2) is 9.67 Å². The van der Waals surface area contributed by atoms with Crippen molar-refractivity contribution in [2.45, 2.75) is 18.8 Å². The molecule has 5 nitrogen and oxygen atoms in total. The third-order valence-corrected chi connectivity index (χ3v) is 5.60. The molecule has 1 amide bonds. The zero-order valence-corrected chi connectivity index (χ0v) is 15.9. The molecule has 0 saturated heterocycles. The van der Waals surface area contributed by atoms with Crippen molar-refractivity contribution in [1.29, 1.82) is 0 Å². The molecule has 2 heterocycles. The summed E-state index contributed by atoms with van der Waals surface area (Å²) in [7, 11) is 0. The Hall–Kier alpha value is -3.25. The van der Waals surface area contributed by atoms with Crippen molar-refractivity contribution < 1.29 is 4.79 Å². The number of anilines is 1. The molecule has 1 aliphatic carbocycles. The normalized spacial score (nSPS) is 13.4. The molecule has 4 aromatic rings. The van der Waals surface area contributed by atoms with Crippen LogP contribution >= 0.6 is 11.3 Å². The Labute approximate surface area is 166 Å². The maximum absolute atomic E-state index is 13.0. The van der Waals surface area contributed by atoms with Crippen molar-refractivity contribution in [3.8, 4) is 16.3 Å². The summed E-state index contributed by atoms with van der Waals surface area (Å²) < 4.78 is 1.74. The number of hydrogen-bond donors (Lipinski definition) is 1. The monoisotopic (exact) mass is 386 g/mol. The minimum absolute atomic E-state index is 0.162. The van der Waals surface area contributed by atoms with E-state index < -0.39 is 0 Å². The summed E-state index contributed by atoms with van der Waals surface area (Å²) in [6.07, 6.45) is 4.08. The molecule has 0 unspecified atom stereocenters. The number of rotatable bonds is 5. The average molecular weight is 386 g/mol. The van der Waals surface area contributed by atoms with Gasteiger partial charge in [-0.05, 0) is 55.3 Å². The molecule has 5 rings (SSSR count). The van der Waals surface area contributed by atoms with Crippen molar-refractivity contribution in [1.82, 2.24) is 14.8 Å². The largest absolute Gasteiger partial charge is 0.321 e. The van der Waals surface area contributed by atoms with Crippen LogP contribution in [0, 0.1) is 0 Å². The molecule has 1 fully saturated rings. The van der Waals surface area contributed by atoms with Crippen LogP contribution in [-0.4, -0.2) is 20.7 Å². The van der Waals surface area contributed by atoms with Gasteiger partial charge < -0.3 is 5.32 Å². The van der Waals surface area contributed by atoms with E-state index in [-0.39, 0.29) is 5.91 Å². The van der Waals surface area contributed by atoms with E-state index in [1.807, 2.05) is 66.0 Å². The predicted octanol–water partition coefficient (Wildman–Crippen LogP) is 5.13. The highest BCUT2D eigenvalue weighted by Crippen LogP contribution is 2.39. The van der Waals surface area contributed by atoms with Gasteiger partial charge in [-0.2, -0.15) is 5.10 Å². The molecule has 138 valence electrons. The van der Waals surface area contributed by atoms with Crippen LogP contribution in [0.1, 0.15) is 34.9 Å². The summed E-state index contributed by atoms with van der Waals surface area (Å²) in [6.45, 7) is 0. The summed E-state index contributed by atoms with van der Waals surface area (Å²) in [6, 6.07) is 19.4. The highest BCUT2D eigenvalue weighted by Gasteiger charge is 2.29. The maximum Gasteiger partial charge on any atom is 0.274 e. The third kappa shape index (κ3) is 3.34. The summed E-state index contributed by atoms with van der Waals surface area (Å²) in [4.78, 5) is 17.3. The number of benzene rings is 2. The fourth-order valence-corrected chi connectivity index (χ4v) is 3.81. The molecule has 28 heavy (non-hydrogen) atoms. The number of thiazole rings is 1. The van der Waals surface area contributed by atoms with Gasteiger partial charge in [0.05, 0.1) is 11.4 Å². The van der Waals surface area contributed by atoms with Gasteiger partial charge in [0.1, 0.15) is 10.7 Å². The number of aromatic nitrogens is 3. The van der Waals surface area contributed by atoms with E-state index in [1.165, 1.54) is 0 Å². The van der Waals surface area contributed by atoms with E-state index in [2.05, 4.69) is 10.3 Å². The Morgan fingerprint density at radius 2 is 1.86 bits per heavy atom. The second-order valence-electron chi connectivity index (χ2n) is 6.84. The number of nitrogens with one attached hydrogen (secondary N) is 1. The second kappa shape index (κ2) is 7.05. The summed E-state index contributed by atoms with van der Waals surface area (Å²) in [5.74, 6) is 0.319. The first-order chi connectivity index (χ1) is 13.8. The molecule has 1 aliphatic rings. The average Bonchev–Trinajstić information content (AvgIpc) is 3.26. The third-order valence-electron chi connectivity index (χ3n) is 4.78.